The summed E-state index contributed by atoms with van der Waals surface area (Å²) in [5.74, 6) is 0. The van der Waals surface area contributed by atoms with Crippen molar-refractivity contribution in [2.45, 2.75) is 9.79 Å². The van der Waals surface area contributed by atoms with E-state index >= 15 is 0 Å². The van der Waals surface area contributed by atoms with Gasteiger partial charge in [-0.05, 0) is 48.5 Å². The largest absolute Gasteiger partial charge is 0.399 e. The molecule has 0 unspecified atom stereocenters. The van der Waals surface area contributed by atoms with Crippen molar-refractivity contribution in [3.05, 3.63) is 121 Å². The molecule has 0 spiro atoms. The number of nitrogens with one attached hydrogen (secondary N) is 2. The third kappa shape index (κ3) is 5.68. The van der Waals surface area contributed by atoms with Crippen molar-refractivity contribution in [2.75, 3.05) is 16.4 Å². The van der Waals surface area contributed by atoms with Gasteiger partial charge in [-0.25, -0.2) is 4.98 Å². The Hall–Kier alpha value is -5.60. The van der Waals surface area contributed by atoms with Crippen LogP contribution in [0.2, 0.25) is 0 Å². The van der Waals surface area contributed by atoms with E-state index in [0.717, 1.165) is 0 Å². The Morgan fingerprint density at radius 1 is 0.617 bits per heavy atom. The lowest BCUT2D eigenvalue weighted by Gasteiger charge is -2.16. The van der Waals surface area contributed by atoms with E-state index in [4.69, 9.17) is 10.7 Å². The Labute approximate surface area is 269 Å². The van der Waals surface area contributed by atoms with E-state index in [-0.39, 0.29) is 21.5 Å². The highest BCUT2D eigenvalue weighted by molar-refractivity contribution is 7.86. The average Bonchev–Trinajstić information content (AvgIpc) is 3.04. The van der Waals surface area contributed by atoms with Crippen LogP contribution in [-0.4, -0.2) is 30.9 Å². The van der Waals surface area contributed by atoms with Crippen LogP contribution in [0.5, 0.6) is 0 Å². The van der Waals surface area contributed by atoms with Gasteiger partial charge < -0.3 is 16.4 Å². The fourth-order valence-electron chi connectivity index (χ4n) is 5.66. The summed E-state index contributed by atoms with van der Waals surface area (Å²) in [5.41, 5.74) is 10.3. The number of hydrogen-bond donors (Lipinski definition) is 5. The molecule has 0 atom stereocenters. The minimum absolute atomic E-state index is 0.0904. The van der Waals surface area contributed by atoms with E-state index in [1.54, 1.807) is 42.5 Å². The Kier molecular flexibility index (Phi) is 7.25. The van der Waals surface area contributed by atoms with Gasteiger partial charge in [0.15, 0.2) is 0 Å². The summed E-state index contributed by atoms with van der Waals surface area (Å²) in [6, 6.07) is 34.2. The highest BCUT2D eigenvalue weighted by Gasteiger charge is 2.28. The molecule has 0 radical (unpaired) electrons. The molecule has 6 aromatic carbocycles. The molecule has 0 saturated carbocycles. The van der Waals surface area contributed by atoms with Gasteiger partial charge >= 0.3 is 0 Å². The molecule has 7 aromatic rings. The van der Waals surface area contributed by atoms with E-state index in [1.165, 1.54) is 18.2 Å². The molecular formula is C34H26N5O6S2+. The molecule has 6 N–H and O–H groups in total. The minimum atomic E-state index is -4.75. The Morgan fingerprint density at radius 2 is 1.21 bits per heavy atom. The summed E-state index contributed by atoms with van der Waals surface area (Å²) in [7, 11) is -9.44. The first-order valence-electron chi connectivity index (χ1n) is 14.2. The molecule has 47 heavy (non-hydrogen) atoms. The first-order valence-corrected chi connectivity index (χ1v) is 17.1. The monoisotopic (exact) mass is 664 g/mol. The number of benzene rings is 6. The molecule has 7 rings (SSSR count). The predicted molar refractivity (Wildman–Crippen MR) is 182 cm³/mol. The van der Waals surface area contributed by atoms with Crippen molar-refractivity contribution >= 4 is 81.5 Å². The highest BCUT2D eigenvalue weighted by atomic mass is 32.2. The van der Waals surface area contributed by atoms with Gasteiger partial charge in [-0.3, -0.25) is 9.11 Å². The molecule has 1 aromatic heterocycles. The molecule has 0 saturated heterocycles. The van der Waals surface area contributed by atoms with Gasteiger partial charge in [0.1, 0.15) is 20.8 Å². The van der Waals surface area contributed by atoms with Crippen LogP contribution in [-0.2, 0) is 20.2 Å². The molecule has 11 nitrogen and oxygen atoms in total. The first-order chi connectivity index (χ1) is 22.5. The number of anilines is 5. The van der Waals surface area contributed by atoms with Crippen molar-refractivity contribution in [1.29, 1.82) is 0 Å². The van der Waals surface area contributed by atoms with Gasteiger partial charge in [0.2, 0.25) is 16.7 Å². The second-order valence-electron chi connectivity index (χ2n) is 10.8. The van der Waals surface area contributed by atoms with Gasteiger partial charge in [0.05, 0.1) is 11.4 Å². The van der Waals surface area contributed by atoms with Crippen LogP contribution in [0.4, 0.5) is 28.4 Å². The maximum atomic E-state index is 12.7. The van der Waals surface area contributed by atoms with Gasteiger partial charge in [-0.15, -0.1) is 4.57 Å². The smallest absolute Gasteiger partial charge is 0.296 e. The number of nitrogens with zero attached hydrogens (tertiary/aromatic N) is 2. The lowest BCUT2D eigenvalue weighted by atomic mass is 10.0. The second kappa shape index (κ2) is 11.3. The number of aromatic nitrogens is 2. The number of hydrogen-bond acceptors (Lipinski definition) is 8. The Morgan fingerprint density at radius 3 is 1.87 bits per heavy atom. The van der Waals surface area contributed by atoms with Gasteiger partial charge in [-0.1, -0.05) is 48.5 Å². The maximum absolute atomic E-state index is 12.7. The number of rotatable bonds is 7. The molecule has 0 fully saturated rings. The van der Waals surface area contributed by atoms with Crippen LogP contribution in [0.3, 0.4) is 0 Å². The quantitative estimate of drug-likeness (QED) is 0.0423. The predicted octanol–water partition coefficient (Wildman–Crippen LogP) is 6.38. The summed E-state index contributed by atoms with van der Waals surface area (Å²) in [6.45, 7) is 0. The number of fused-ring (bicyclic) bond motifs is 4. The summed E-state index contributed by atoms with van der Waals surface area (Å²) in [4.78, 5) is 4.11. The maximum Gasteiger partial charge on any atom is 0.296 e. The van der Waals surface area contributed by atoms with E-state index in [9.17, 15) is 25.9 Å². The van der Waals surface area contributed by atoms with E-state index in [2.05, 4.69) is 10.6 Å². The van der Waals surface area contributed by atoms with Crippen LogP contribution in [0.25, 0.3) is 38.5 Å². The lowest BCUT2D eigenvalue weighted by molar-refractivity contribution is -0.538. The normalized spacial score (nSPS) is 12.0. The van der Waals surface area contributed by atoms with E-state index < -0.39 is 25.1 Å². The molecule has 0 aliphatic heterocycles. The van der Waals surface area contributed by atoms with Crippen molar-refractivity contribution in [3.8, 4) is 5.69 Å². The van der Waals surface area contributed by atoms with Crippen LogP contribution in [0.15, 0.2) is 131 Å². The van der Waals surface area contributed by atoms with Crippen LogP contribution in [0, 0.1) is 0 Å². The second-order valence-corrected chi connectivity index (χ2v) is 13.6. The molecule has 0 aliphatic rings. The molecule has 0 amide bonds. The van der Waals surface area contributed by atoms with Crippen molar-refractivity contribution < 1.29 is 30.5 Å². The zero-order valence-corrected chi connectivity index (χ0v) is 26.0. The first kappa shape index (κ1) is 30.1. The zero-order chi connectivity index (χ0) is 32.9. The third-order valence-corrected chi connectivity index (χ3v) is 9.47. The molecule has 234 valence electrons. The number of nitrogens with two attached hydrogens (primary N) is 1. The molecule has 1 heterocycles. The fourth-order valence-corrected chi connectivity index (χ4v) is 7.04. The molecular weight excluding hydrogens is 639 g/mol. The van der Waals surface area contributed by atoms with Gasteiger partial charge in [-0.2, -0.15) is 16.8 Å². The van der Waals surface area contributed by atoms with E-state index in [0.29, 0.717) is 50.4 Å². The van der Waals surface area contributed by atoms with Crippen molar-refractivity contribution in [2.24, 2.45) is 0 Å². The number of para-hydroxylation sites is 2. The Bertz CT molecular complexity index is 2570. The fraction of sp³-hybridized carbons (Fsp3) is 0. The van der Waals surface area contributed by atoms with Crippen LogP contribution in [0.1, 0.15) is 0 Å². The zero-order valence-electron chi connectivity index (χ0n) is 24.4. The third-order valence-electron chi connectivity index (χ3n) is 7.68. The molecule has 0 aliphatic carbocycles. The van der Waals surface area contributed by atoms with Crippen molar-refractivity contribution in [1.82, 2.24) is 4.98 Å². The van der Waals surface area contributed by atoms with Gasteiger partial charge in [0.25, 0.3) is 20.2 Å². The SMILES string of the molecule is Nc1ccc(Nc2cc3c(cc2S(=O)(=O)O)nc2c4cccc(S(=O)(=O)O)c4c(Nc4ccccc4)cc2[n+]3-c2ccccc2)cc1. The lowest BCUT2D eigenvalue weighted by Crippen LogP contribution is -2.33. The molecule has 13 heteroatoms. The summed E-state index contributed by atoms with van der Waals surface area (Å²) >= 11 is 0. The highest BCUT2D eigenvalue weighted by Crippen LogP contribution is 2.38. The summed E-state index contributed by atoms with van der Waals surface area (Å²) < 4.78 is 73.1. The van der Waals surface area contributed by atoms with Crippen LogP contribution < -0.4 is 20.9 Å². The van der Waals surface area contributed by atoms with Crippen molar-refractivity contribution in [3.63, 3.8) is 0 Å². The van der Waals surface area contributed by atoms with Gasteiger partial charge in [0, 0.05) is 52.1 Å². The Balaban J connectivity index is 1.64. The van der Waals surface area contributed by atoms with E-state index in [1.807, 2.05) is 65.2 Å². The summed E-state index contributed by atoms with van der Waals surface area (Å²) in [6.07, 6.45) is 0. The summed E-state index contributed by atoms with van der Waals surface area (Å²) in [5, 5.41) is 6.95. The average molecular weight is 665 g/mol. The number of nitrogen functional groups attached to an aromatic ring is 1. The topological polar surface area (TPSA) is 176 Å². The standard InChI is InChI=1S/C34H25N5O6S2/c35-21-14-16-23(17-15-21)36-27-18-29-26(20-32(27)47(43,44)45)38-34-25-12-7-13-31(46(40,41)42)33(25)28(37-22-8-3-1-4-9-22)19-30(34)39(29)24-10-5-2-6-11-24/h1-20H,(H5,35,36,37,38,40,41,42,43,44,45)/p+1. The van der Waals surface area contributed by atoms with Crippen LogP contribution >= 0.6 is 0 Å². The molecule has 0 bridgehead atoms. The minimum Gasteiger partial charge on any atom is -0.399 e.